The SMILES string of the molecule is COc1cc(C=NN=C(N)N)c(Cl)cc1OC(C)C. The Labute approximate surface area is 117 Å². The van der Waals surface area contributed by atoms with Crippen molar-refractivity contribution in [2.24, 2.45) is 21.7 Å². The number of guanidine groups is 1. The molecule has 0 radical (unpaired) electrons. The van der Waals surface area contributed by atoms with Crippen LogP contribution in [-0.4, -0.2) is 25.4 Å². The van der Waals surface area contributed by atoms with E-state index < -0.39 is 0 Å². The summed E-state index contributed by atoms with van der Waals surface area (Å²) >= 11 is 6.12. The van der Waals surface area contributed by atoms with Crippen molar-refractivity contribution in [1.29, 1.82) is 0 Å². The first-order chi connectivity index (χ1) is 8.93. The maximum absolute atomic E-state index is 6.12. The van der Waals surface area contributed by atoms with E-state index in [1.807, 2.05) is 13.8 Å². The van der Waals surface area contributed by atoms with E-state index in [9.17, 15) is 0 Å². The van der Waals surface area contributed by atoms with Crippen LogP contribution < -0.4 is 20.9 Å². The molecule has 0 aromatic heterocycles. The van der Waals surface area contributed by atoms with Crippen molar-refractivity contribution in [1.82, 2.24) is 0 Å². The third kappa shape index (κ3) is 4.67. The highest BCUT2D eigenvalue weighted by molar-refractivity contribution is 6.33. The quantitative estimate of drug-likeness (QED) is 0.489. The number of benzene rings is 1. The number of hydrogen-bond acceptors (Lipinski definition) is 4. The van der Waals surface area contributed by atoms with E-state index in [2.05, 4.69) is 10.2 Å². The van der Waals surface area contributed by atoms with Gasteiger partial charge in [0.2, 0.25) is 5.96 Å². The average molecular weight is 285 g/mol. The Morgan fingerprint density at radius 1 is 1.32 bits per heavy atom. The average Bonchev–Trinajstić information content (AvgIpc) is 2.30. The van der Waals surface area contributed by atoms with Crippen molar-refractivity contribution in [3.05, 3.63) is 22.7 Å². The third-order valence-electron chi connectivity index (χ3n) is 2.02. The van der Waals surface area contributed by atoms with E-state index in [-0.39, 0.29) is 12.1 Å². The highest BCUT2D eigenvalue weighted by Crippen LogP contribution is 2.33. The summed E-state index contributed by atoms with van der Waals surface area (Å²) in [5, 5.41) is 7.66. The van der Waals surface area contributed by atoms with Crippen LogP contribution in [0.1, 0.15) is 19.4 Å². The summed E-state index contributed by atoms with van der Waals surface area (Å²) in [6.45, 7) is 3.84. The molecule has 0 atom stereocenters. The lowest BCUT2D eigenvalue weighted by atomic mass is 10.2. The maximum atomic E-state index is 6.12. The normalized spacial score (nSPS) is 10.8. The molecule has 0 saturated heterocycles. The summed E-state index contributed by atoms with van der Waals surface area (Å²) in [6.07, 6.45) is 1.45. The zero-order valence-corrected chi connectivity index (χ0v) is 11.8. The van der Waals surface area contributed by atoms with E-state index in [1.165, 1.54) is 6.21 Å². The van der Waals surface area contributed by atoms with Gasteiger partial charge in [0, 0.05) is 11.6 Å². The highest BCUT2D eigenvalue weighted by Gasteiger charge is 2.10. The molecule has 0 spiro atoms. The Bertz CT molecular complexity index is 497. The Hall–Kier alpha value is -1.95. The van der Waals surface area contributed by atoms with Gasteiger partial charge in [-0.15, -0.1) is 5.10 Å². The molecule has 0 aliphatic heterocycles. The maximum Gasteiger partial charge on any atom is 0.211 e. The molecule has 104 valence electrons. The van der Waals surface area contributed by atoms with Crippen LogP contribution in [0.15, 0.2) is 22.3 Å². The first kappa shape index (κ1) is 15.1. The summed E-state index contributed by atoms with van der Waals surface area (Å²) < 4.78 is 10.8. The first-order valence-corrected chi connectivity index (χ1v) is 5.98. The summed E-state index contributed by atoms with van der Waals surface area (Å²) in [5.41, 5.74) is 11.0. The molecule has 0 aliphatic carbocycles. The van der Waals surface area contributed by atoms with Gasteiger partial charge in [-0.1, -0.05) is 11.6 Å². The van der Waals surface area contributed by atoms with Crippen LogP contribution in [0.4, 0.5) is 0 Å². The van der Waals surface area contributed by atoms with Crippen LogP contribution in [-0.2, 0) is 0 Å². The van der Waals surface area contributed by atoms with Crippen LogP contribution >= 0.6 is 11.6 Å². The van der Waals surface area contributed by atoms with Gasteiger partial charge in [0.1, 0.15) is 0 Å². The molecule has 0 unspecified atom stereocenters. The zero-order valence-electron chi connectivity index (χ0n) is 11.1. The molecule has 1 aromatic carbocycles. The van der Waals surface area contributed by atoms with E-state index in [0.717, 1.165) is 0 Å². The lowest BCUT2D eigenvalue weighted by molar-refractivity contribution is 0.230. The van der Waals surface area contributed by atoms with Crippen molar-refractivity contribution < 1.29 is 9.47 Å². The number of nitrogens with zero attached hydrogens (tertiary/aromatic N) is 2. The summed E-state index contributed by atoms with van der Waals surface area (Å²) in [4.78, 5) is 0. The van der Waals surface area contributed by atoms with E-state index >= 15 is 0 Å². The highest BCUT2D eigenvalue weighted by atomic mass is 35.5. The van der Waals surface area contributed by atoms with Crippen LogP contribution in [0, 0.1) is 0 Å². The molecule has 0 fully saturated rings. The molecular weight excluding hydrogens is 268 g/mol. The Balaban J connectivity index is 3.09. The summed E-state index contributed by atoms with van der Waals surface area (Å²) in [6, 6.07) is 3.36. The molecular formula is C12H17ClN4O2. The fraction of sp³-hybridized carbons (Fsp3) is 0.333. The third-order valence-corrected chi connectivity index (χ3v) is 2.34. The van der Waals surface area contributed by atoms with Gasteiger partial charge < -0.3 is 20.9 Å². The molecule has 0 saturated carbocycles. The largest absolute Gasteiger partial charge is 0.493 e. The standard InChI is InChI=1S/C12H17ClN4O2/c1-7(2)19-11-5-9(13)8(4-10(11)18-3)6-16-17-12(14)15/h4-7H,1-3H3,(H4,14,15,17). The van der Waals surface area contributed by atoms with E-state index in [0.29, 0.717) is 22.1 Å². The number of rotatable bonds is 5. The van der Waals surface area contributed by atoms with Crippen LogP contribution in [0.3, 0.4) is 0 Å². The van der Waals surface area contributed by atoms with Gasteiger partial charge in [-0.25, -0.2) is 0 Å². The van der Waals surface area contributed by atoms with Crippen molar-refractivity contribution >= 4 is 23.8 Å². The fourth-order valence-electron chi connectivity index (χ4n) is 1.31. The van der Waals surface area contributed by atoms with E-state index in [4.69, 9.17) is 32.5 Å². The second-order valence-corrected chi connectivity index (χ2v) is 4.37. The minimum absolute atomic E-state index is 0.0196. The van der Waals surface area contributed by atoms with Gasteiger partial charge in [-0.3, -0.25) is 0 Å². The lowest BCUT2D eigenvalue weighted by Crippen LogP contribution is -2.21. The minimum atomic E-state index is -0.126. The molecule has 1 rings (SSSR count). The van der Waals surface area contributed by atoms with Gasteiger partial charge in [0.05, 0.1) is 24.5 Å². The van der Waals surface area contributed by atoms with Crippen LogP contribution in [0.5, 0.6) is 11.5 Å². The molecule has 6 nitrogen and oxygen atoms in total. The molecule has 0 bridgehead atoms. The fourth-order valence-corrected chi connectivity index (χ4v) is 1.52. The smallest absolute Gasteiger partial charge is 0.211 e. The molecule has 0 amide bonds. The van der Waals surface area contributed by atoms with Crippen molar-refractivity contribution in [3.8, 4) is 11.5 Å². The van der Waals surface area contributed by atoms with E-state index in [1.54, 1.807) is 19.2 Å². The minimum Gasteiger partial charge on any atom is -0.493 e. The summed E-state index contributed by atoms with van der Waals surface area (Å²) in [5.74, 6) is 1.00. The predicted octanol–water partition coefficient (Wildman–Crippen LogP) is 1.74. The van der Waals surface area contributed by atoms with Gasteiger partial charge in [-0.05, 0) is 19.9 Å². The van der Waals surface area contributed by atoms with Gasteiger partial charge in [0.15, 0.2) is 11.5 Å². The molecule has 1 aromatic rings. The topological polar surface area (TPSA) is 95.2 Å². The predicted molar refractivity (Wildman–Crippen MR) is 77.2 cm³/mol. The van der Waals surface area contributed by atoms with Gasteiger partial charge in [0.25, 0.3) is 0 Å². The van der Waals surface area contributed by atoms with Gasteiger partial charge in [-0.2, -0.15) is 5.10 Å². The number of ether oxygens (including phenoxy) is 2. The second kappa shape index (κ2) is 6.84. The number of halogens is 1. The Kier molecular flexibility index (Phi) is 5.44. The Morgan fingerprint density at radius 3 is 2.53 bits per heavy atom. The molecule has 4 N–H and O–H groups in total. The van der Waals surface area contributed by atoms with Crippen molar-refractivity contribution in [2.75, 3.05) is 7.11 Å². The lowest BCUT2D eigenvalue weighted by Gasteiger charge is -2.14. The van der Waals surface area contributed by atoms with Crippen LogP contribution in [0.25, 0.3) is 0 Å². The summed E-state index contributed by atoms with van der Waals surface area (Å²) in [7, 11) is 1.55. The van der Waals surface area contributed by atoms with Gasteiger partial charge >= 0.3 is 0 Å². The van der Waals surface area contributed by atoms with Crippen LogP contribution in [0.2, 0.25) is 5.02 Å². The second-order valence-electron chi connectivity index (χ2n) is 3.96. The molecule has 0 aliphatic rings. The molecule has 7 heteroatoms. The number of hydrogen-bond donors (Lipinski definition) is 2. The first-order valence-electron chi connectivity index (χ1n) is 5.60. The monoisotopic (exact) mass is 284 g/mol. The van der Waals surface area contributed by atoms with Crippen molar-refractivity contribution in [3.63, 3.8) is 0 Å². The molecule has 0 heterocycles. The zero-order chi connectivity index (χ0) is 14.4. The molecule has 19 heavy (non-hydrogen) atoms. The Morgan fingerprint density at radius 2 is 2.00 bits per heavy atom. The van der Waals surface area contributed by atoms with Crippen molar-refractivity contribution in [2.45, 2.75) is 20.0 Å². The number of nitrogens with two attached hydrogens (primary N) is 2. The number of methoxy groups -OCH3 is 1.